The number of carboxylic acids is 1. The van der Waals surface area contributed by atoms with Crippen LogP contribution in [0.2, 0.25) is 0 Å². The maximum Gasteiger partial charge on any atom is 0.303 e. The first kappa shape index (κ1) is 12.5. The Balaban J connectivity index is 1.82. The summed E-state index contributed by atoms with van der Waals surface area (Å²) in [6.07, 6.45) is 4.24. The molecule has 0 aromatic carbocycles. The molecule has 0 atom stereocenters. The minimum atomic E-state index is -0.752. The molecule has 0 bridgehead atoms. The van der Waals surface area contributed by atoms with Gasteiger partial charge in [-0.2, -0.15) is 0 Å². The van der Waals surface area contributed by atoms with E-state index in [0.717, 1.165) is 36.1 Å². The number of aliphatic carboxylic acids is 1. The lowest BCUT2D eigenvalue weighted by molar-refractivity contribution is -0.136. The Morgan fingerprint density at radius 3 is 3.00 bits per heavy atom. The number of piperidine rings is 1. The van der Waals surface area contributed by atoms with Crippen molar-refractivity contribution in [2.75, 3.05) is 13.1 Å². The third kappa shape index (κ3) is 4.09. The summed E-state index contributed by atoms with van der Waals surface area (Å²) in [6, 6.07) is 0. The lowest BCUT2D eigenvalue weighted by Crippen LogP contribution is -2.28. The van der Waals surface area contributed by atoms with Crippen LogP contribution in [0.15, 0.2) is 5.38 Å². The summed E-state index contributed by atoms with van der Waals surface area (Å²) in [6.45, 7) is 2.23. The van der Waals surface area contributed by atoms with Crippen molar-refractivity contribution in [1.82, 2.24) is 10.3 Å². The molecule has 2 rings (SSSR count). The normalized spacial score (nSPS) is 17.2. The quantitative estimate of drug-likeness (QED) is 0.839. The molecule has 4 nitrogen and oxygen atoms in total. The second-order valence-corrected chi connectivity index (χ2v) is 5.47. The zero-order chi connectivity index (χ0) is 12.1. The van der Waals surface area contributed by atoms with Crippen LogP contribution in [0.1, 0.15) is 30.0 Å². The van der Waals surface area contributed by atoms with Gasteiger partial charge in [0.2, 0.25) is 0 Å². The van der Waals surface area contributed by atoms with Crippen LogP contribution < -0.4 is 5.32 Å². The van der Waals surface area contributed by atoms with Gasteiger partial charge in [-0.15, -0.1) is 11.3 Å². The van der Waals surface area contributed by atoms with Gasteiger partial charge in [0.15, 0.2) is 0 Å². The van der Waals surface area contributed by atoms with Gasteiger partial charge in [-0.3, -0.25) is 4.79 Å². The standard InChI is InChI=1S/C12H18N2O2S/c15-12(16)2-1-10-8-17-11(14-10)7-9-3-5-13-6-4-9/h8-9,13H,1-7H2,(H,15,16). The summed E-state index contributed by atoms with van der Waals surface area (Å²) in [5.74, 6) is -0.00683. The molecular formula is C12H18N2O2S. The van der Waals surface area contributed by atoms with Crippen molar-refractivity contribution in [2.24, 2.45) is 5.92 Å². The van der Waals surface area contributed by atoms with Crippen LogP contribution in [-0.4, -0.2) is 29.1 Å². The molecule has 0 spiro atoms. The molecule has 1 saturated heterocycles. The first-order chi connectivity index (χ1) is 8.24. The Morgan fingerprint density at radius 1 is 1.53 bits per heavy atom. The number of nitrogens with zero attached hydrogens (tertiary/aromatic N) is 1. The monoisotopic (exact) mass is 254 g/mol. The Kier molecular flexibility index (Phi) is 4.50. The third-order valence-corrected chi connectivity index (χ3v) is 4.04. The first-order valence-corrected chi connectivity index (χ1v) is 6.98. The SMILES string of the molecule is O=C(O)CCc1csc(CC2CCNCC2)n1. The zero-order valence-corrected chi connectivity index (χ0v) is 10.6. The van der Waals surface area contributed by atoms with Gasteiger partial charge >= 0.3 is 5.97 Å². The summed E-state index contributed by atoms with van der Waals surface area (Å²) in [4.78, 5) is 15.0. The zero-order valence-electron chi connectivity index (χ0n) is 9.82. The number of rotatable bonds is 5. The number of thiazole rings is 1. The number of carboxylic acid groups (broad SMARTS) is 1. The van der Waals surface area contributed by atoms with Crippen LogP contribution in [0.5, 0.6) is 0 Å². The molecular weight excluding hydrogens is 236 g/mol. The maximum absolute atomic E-state index is 10.5. The molecule has 2 N–H and O–H groups in total. The van der Waals surface area contributed by atoms with Crippen molar-refractivity contribution < 1.29 is 9.90 Å². The van der Waals surface area contributed by atoms with Crippen LogP contribution >= 0.6 is 11.3 Å². The van der Waals surface area contributed by atoms with Crippen LogP contribution in [0.25, 0.3) is 0 Å². The molecule has 94 valence electrons. The van der Waals surface area contributed by atoms with E-state index in [0.29, 0.717) is 6.42 Å². The summed E-state index contributed by atoms with van der Waals surface area (Å²) >= 11 is 1.67. The minimum Gasteiger partial charge on any atom is -0.481 e. The molecule has 0 saturated carbocycles. The van der Waals surface area contributed by atoms with E-state index in [1.54, 1.807) is 11.3 Å². The van der Waals surface area contributed by atoms with E-state index in [4.69, 9.17) is 5.11 Å². The van der Waals surface area contributed by atoms with Gasteiger partial charge in [-0.25, -0.2) is 4.98 Å². The van der Waals surface area contributed by atoms with Crippen LogP contribution in [0.3, 0.4) is 0 Å². The molecule has 17 heavy (non-hydrogen) atoms. The summed E-state index contributed by atoms with van der Waals surface area (Å²) in [5, 5.41) is 15.1. The Hall–Kier alpha value is -0.940. The van der Waals surface area contributed by atoms with Gasteiger partial charge in [-0.05, 0) is 31.8 Å². The van der Waals surface area contributed by atoms with Crippen molar-refractivity contribution in [3.63, 3.8) is 0 Å². The average Bonchev–Trinajstić information content (AvgIpc) is 2.75. The topological polar surface area (TPSA) is 62.2 Å². The Labute approximate surface area is 105 Å². The Morgan fingerprint density at radius 2 is 2.29 bits per heavy atom. The summed E-state index contributed by atoms with van der Waals surface area (Å²) in [5.41, 5.74) is 0.932. The summed E-state index contributed by atoms with van der Waals surface area (Å²) in [7, 11) is 0. The second-order valence-electron chi connectivity index (χ2n) is 4.52. The molecule has 0 unspecified atom stereocenters. The smallest absolute Gasteiger partial charge is 0.303 e. The van der Waals surface area contributed by atoms with Crippen molar-refractivity contribution in [3.05, 3.63) is 16.1 Å². The number of aromatic nitrogens is 1. The number of nitrogens with one attached hydrogen (secondary N) is 1. The number of aryl methyl sites for hydroxylation is 1. The summed E-state index contributed by atoms with van der Waals surface area (Å²) < 4.78 is 0. The highest BCUT2D eigenvalue weighted by molar-refractivity contribution is 7.09. The number of hydrogen-bond acceptors (Lipinski definition) is 4. The van der Waals surface area contributed by atoms with Gasteiger partial charge in [0.05, 0.1) is 17.1 Å². The van der Waals surface area contributed by atoms with Gasteiger partial charge < -0.3 is 10.4 Å². The van der Waals surface area contributed by atoms with Gasteiger partial charge in [0.25, 0.3) is 0 Å². The van der Waals surface area contributed by atoms with Gasteiger partial charge in [-0.1, -0.05) is 0 Å². The van der Waals surface area contributed by atoms with E-state index in [-0.39, 0.29) is 6.42 Å². The molecule has 1 aromatic heterocycles. The molecule has 0 radical (unpaired) electrons. The van der Waals surface area contributed by atoms with E-state index >= 15 is 0 Å². The Bertz CT molecular complexity index is 372. The van der Waals surface area contributed by atoms with E-state index in [1.807, 2.05) is 5.38 Å². The second kappa shape index (κ2) is 6.12. The predicted molar refractivity (Wildman–Crippen MR) is 67.4 cm³/mol. The third-order valence-electron chi connectivity index (χ3n) is 3.12. The fraction of sp³-hybridized carbons (Fsp3) is 0.667. The molecule has 1 aliphatic heterocycles. The van der Waals surface area contributed by atoms with Crippen LogP contribution in [0, 0.1) is 5.92 Å². The van der Waals surface area contributed by atoms with E-state index in [9.17, 15) is 4.79 Å². The van der Waals surface area contributed by atoms with Crippen LogP contribution in [0.4, 0.5) is 0 Å². The maximum atomic E-state index is 10.5. The number of hydrogen-bond donors (Lipinski definition) is 2. The van der Waals surface area contributed by atoms with Crippen molar-refractivity contribution in [2.45, 2.75) is 32.1 Å². The molecule has 0 amide bonds. The molecule has 1 fully saturated rings. The lowest BCUT2D eigenvalue weighted by atomic mass is 9.95. The fourth-order valence-electron chi connectivity index (χ4n) is 2.13. The molecule has 1 aromatic rings. The molecule has 5 heteroatoms. The van der Waals surface area contributed by atoms with Crippen molar-refractivity contribution in [1.29, 1.82) is 0 Å². The van der Waals surface area contributed by atoms with E-state index in [1.165, 1.54) is 12.8 Å². The van der Waals surface area contributed by atoms with E-state index in [2.05, 4.69) is 10.3 Å². The number of carbonyl (C=O) groups is 1. The highest BCUT2D eigenvalue weighted by atomic mass is 32.1. The predicted octanol–water partition coefficient (Wildman–Crippen LogP) is 1.70. The van der Waals surface area contributed by atoms with Gasteiger partial charge in [0, 0.05) is 18.2 Å². The average molecular weight is 254 g/mol. The molecule has 2 heterocycles. The first-order valence-electron chi connectivity index (χ1n) is 6.10. The van der Waals surface area contributed by atoms with E-state index < -0.39 is 5.97 Å². The minimum absolute atomic E-state index is 0.177. The van der Waals surface area contributed by atoms with Crippen molar-refractivity contribution in [3.8, 4) is 0 Å². The highest BCUT2D eigenvalue weighted by Crippen LogP contribution is 2.21. The molecule has 0 aliphatic carbocycles. The van der Waals surface area contributed by atoms with Crippen molar-refractivity contribution >= 4 is 17.3 Å². The van der Waals surface area contributed by atoms with Gasteiger partial charge in [0.1, 0.15) is 0 Å². The molecule has 1 aliphatic rings. The largest absolute Gasteiger partial charge is 0.481 e. The lowest BCUT2D eigenvalue weighted by Gasteiger charge is -2.21. The highest BCUT2D eigenvalue weighted by Gasteiger charge is 2.15. The van der Waals surface area contributed by atoms with Crippen LogP contribution in [-0.2, 0) is 17.6 Å². The fourth-order valence-corrected chi connectivity index (χ4v) is 3.07.